The Hall–Kier alpha value is -3.01. The number of halogens is 1. The van der Waals surface area contributed by atoms with Gasteiger partial charge in [-0.3, -0.25) is 14.5 Å². The van der Waals surface area contributed by atoms with Crippen molar-refractivity contribution in [3.05, 3.63) is 88.9 Å². The summed E-state index contributed by atoms with van der Waals surface area (Å²) in [6.45, 7) is 5.88. The molecular weight excluding hydrogens is 532 g/mol. The average molecular weight is 565 g/mol. The molecule has 5 rings (SSSR count). The van der Waals surface area contributed by atoms with Crippen LogP contribution in [0.4, 0.5) is 17.1 Å². The first-order valence-electron chi connectivity index (χ1n) is 13.1. The van der Waals surface area contributed by atoms with Gasteiger partial charge in [-0.2, -0.15) is 0 Å². The van der Waals surface area contributed by atoms with Gasteiger partial charge in [0.05, 0.1) is 18.3 Å². The summed E-state index contributed by atoms with van der Waals surface area (Å²) < 4.78 is 6.60. The normalized spacial score (nSPS) is 24.3. The van der Waals surface area contributed by atoms with Gasteiger partial charge in [0.15, 0.2) is 13.9 Å². The van der Waals surface area contributed by atoms with Crippen LogP contribution < -0.4 is 9.80 Å². The summed E-state index contributed by atoms with van der Waals surface area (Å²) in [6, 6.07) is 22.3. The third kappa shape index (κ3) is 4.70. The van der Waals surface area contributed by atoms with Gasteiger partial charge in [0, 0.05) is 40.0 Å². The summed E-state index contributed by atoms with van der Waals surface area (Å²) in [4.78, 5) is 40.6. The predicted octanol–water partition coefficient (Wildman–Crippen LogP) is 5.36. The van der Waals surface area contributed by atoms with Gasteiger partial charge in [-0.25, -0.2) is 0 Å². The number of amides is 2. The van der Waals surface area contributed by atoms with E-state index in [2.05, 4.69) is 0 Å². The molecule has 1 fully saturated rings. The Kier molecular flexibility index (Phi) is 7.43. The molecule has 0 radical (unpaired) electrons. The first-order chi connectivity index (χ1) is 18.6. The summed E-state index contributed by atoms with van der Waals surface area (Å²) in [5, 5.41) is 10.2. The number of nitrogens with zero attached hydrogens (tertiary/aromatic N) is 2. The number of hydrogen-bond acceptors (Lipinski definition) is 5. The minimum atomic E-state index is -2.76. The molecule has 9 heteroatoms. The molecule has 1 saturated heterocycles. The van der Waals surface area contributed by atoms with Crippen molar-refractivity contribution >= 4 is 49.3 Å². The molecule has 3 aromatic carbocycles. The zero-order valence-corrected chi connectivity index (χ0v) is 24.0. The van der Waals surface area contributed by atoms with Gasteiger partial charge in [-0.05, 0) is 67.5 Å². The highest BCUT2D eigenvalue weighted by Crippen LogP contribution is 2.60. The van der Waals surface area contributed by atoms with Gasteiger partial charge in [0.25, 0.3) is 5.91 Å². The maximum Gasteiger partial charge on any atom is 0.264 e. The van der Waals surface area contributed by atoms with Crippen molar-refractivity contribution in [1.29, 1.82) is 0 Å². The number of hydrogen-bond donors (Lipinski definition) is 2. The maximum absolute atomic E-state index is 14.3. The highest BCUT2D eigenvalue weighted by molar-refractivity contribution is 6.71. The van der Waals surface area contributed by atoms with Crippen molar-refractivity contribution in [2.75, 3.05) is 16.4 Å². The first kappa shape index (κ1) is 27.5. The number of carbonyl (C=O) groups excluding carboxylic acids is 2. The summed E-state index contributed by atoms with van der Waals surface area (Å²) in [5.74, 6) is -0.510. The Bertz CT molecular complexity index is 1360. The number of ether oxygens (including phenoxy) is 1. The third-order valence-electron chi connectivity index (χ3n) is 8.05. The lowest BCUT2D eigenvalue weighted by molar-refractivity contribution is -0.146. The van der Waals surface area contributed by atoms with Crippen molar-refractivity contribution in [3.8, 4) is 0 Å². The Morgan fingerprint density at radius 2 is 1.74 bits per heavy atom. The fourth-order valence-corrected chi connectivity index (χ4v) is 9.18. The van der Waals surface area contributed by atoms with Gasteiger partial charge in [0.2, 0.25) is 6.41 Å². The number of rotatable bonds is 8. The van der Waals surface area contributed by atoms with Crippen LogP contribution in [-0.2, 0) is 26.5 Å². The van der Waals surface area contributed by atoms with Crippen LogP contribution >= 0.6 is 11.6 Å². The molecule has 204 valence electrons. The van der Waals surface area contributed by atoms with Gasteiger partial charge >= 0.3 is 0 Å². The predicted molar refractivity (Wildman–Crippen MR) is 155 cm³/mol. The molecule has 3 aromatic rings. The van der Waals surface area contributed by atoms with Crippen LogP contribution in [0.3, 0.4) is 0 Å². The van der Waals surface area contributed by atoms with E-state index in [1.54, 1.807) is 21.9 Å². The number of anilines is 3. The highest BCUT2D eigenvalue weighted by Gasteiger charge is 2.66. The van der Waals surface area contributed by atoms with Gasteiger partial charge in [-0.15, -0.1) is 0 Å². The zero-order valence-electron chi connectivity index (χ0n) is 22.3. The Morgan fingerprint density at radius 1 is 1.08 bits per heavy atom. The fraction of sp³-hybridized carbons (Fsp3) is 0.333. The molecule has 2 heterocycles. The second-order valence-electron chi connectivity index (χ2n) is 10.9. The lowest BCUT2D eigenvalue weighted by Gasteiger charge is -2.32. The maximum atomic E-state index is 14.3. The zero-order chi connectivity index (χ0) is 27.9. The Balaban J connectivity index is 1.49. The van der Waals surface area contributed by atoms with E-state index in [4.69, 9.17) is 16.3 Å². The van der Waals surface area contributed by atoms with Crippen molar-refractivity contribution in [2.24, 2.45) is 5.92 Å². The molecule has 7 nitrogen and oxygen atoms in total. The van der Waals surface area contributed by atoms with Gasteiger partial charge in [0.1, 0.15) is 0 Å². The lowest BCUT2D eigenvalue weighted by Crippen LogP contribution is -2.46. The third-order valence-corrected chi connectivity index (χ3v) is 10.8. The quantitative estimate of drug-likeness (QED) is 0.284. The number of para-hydroxylation sites is 1. The molecule has 0 unspecified atom stereocenters. The van der Waals surface area contributed by atoms with Gasteiger partial charge in [-0.1, -0.05) is 48.9 Å². The number of aliphatic hydroxyl groups excluding tert-OH is 1. The van der Waals surface area contributed by atoms with E-state index in [1.165, 1.54) is 0 Å². The lowest BCUT2D eigenvalue weighted by atomic mass is 9.82. The fourth-order valence-electron chi connectivity index (χ4n) is 6.41. The number of fused-ring (bicyclic) bond motifs is 2. The van der Waals surface area contributed by atoms with Crippen molar-refractivity contribution < 1.29 is 24.2 Å². The van der Waals surface area contributed by atoms with Crippen molar-refractivity contribution in [2.45, 2.75) is 50.2 Å². The minimum Gasteiger partial charge on any atom is -0.432 e. The van der Waals surface area contributed by atoms with Crippen LogP contribution in [-0.4, -0.2) is 43.2 Å². The minimum absolute atomic E-state index is 0.0953. The molecule has 2 amide bonds. The van der Waals surface area contributed by atoms with Crippen LogP contribution in [0.25, 0.3) is 0 Å². The second-order valence-corrected chi connectivity index (χ2v) is 15.3. The van der Waals surface area contributed by atoms with E-state index in [9.17, 15) is 19.5 Å². The number of benzene rings is 3. The number of carbonyl (C=O) groups is 2. The molecule has 2 aliphatic rings. The Labute approximate surface area is 234 Å². The first-order valence-corrected chi connectivity index (χ1v) is 16.5. The molecule has 0 aliphatic carbocycles. The van der Waals surface area contributed by atoms with E-state index < -0.39 is 20.0 Å². The molecule has 0 aromatic heterocycles. The molecule has 1 spiro atoms. The van der Waals surface area contributed by atoms with Crippen LogP contribution in [0.5, 0.6) is 0 Å². The highest BCUT2D eigenvalue weighted by atomic mass is 35.5. The van der Waals surface area contributed by atoms with E-state index in [0.717, 1.165) is 23.3 Å². The second kappa shape index (κ2) is 10.5. The molecule has 2 aliphatic heterocycles. The SMILES string of the molecule is C[C@@H]1[C@@H]([Si](C)(C)O)[C@H](CCO)O[C@@]12C(=O)N(Cc1ccc(N(C=O)c3ccccc3)cc1)c1ccc(Cl)cc12. The molecule has 2 N–H and O–H groups in total. The summed E-state index contributed by atoms with van der Waals surface area (Å²) in [7, 11) is -2.76. The van der Waals surface area contributed by atoms with E-state index >= 15 is 0 Å². The van der Waals surface area contributed by atoms with Crippen LogP contribution in [0.1, 0.15) is 24.5 Å². The molecular formula is C30H33ClN2O5Si. The van der Waals surface area contributed by atoms with E-state index in [1.807, 2.05) is 80.7 Å². The van der Waals surface area contributed by atoms with Crippen LogP contribution in [0, 0.1) is 5.92 Å². The molecule has 4 atom stereocenters. The molecule has 0 bridgehead atoms. The smallest absolute Gasteiger partial charge is 0.264 e. The van der Waals surface area contributed by atoms with Crippen LogP contribution in [0.15, 0.2) is 72.8 Å². The van der Waals surface area contributed by atoms with Crippen molar-refractivity contribution in [1.82, 2.24) is 0 Å². The monoisotopic (exact) mass is 564 g/mol. The van der Waals surface area contributed by atoms with Gasteiger partial charge < -0.3 is 19.5 Å². The summed E-state index contributed by atoms with van der Waals surface area (Å²) in [6.07, 6.45) is 0.675. The topological polar surface area (TPSA) is 90.3 Å². The summed E-state index contributed by atoms with van der Waals surface area (Å²) in [5.41, 5.74) is 2.25. The van der Waals surface area contributed by atoms with Crippen molar-refractivity contribution in [3.63, 3.8) is 0 Å². The average Bonchev–Trinajstić information content (AvgIpc) is 3.33. The molecule has 39 heavy (non-hydrogen) atoms. The van der Waals surface area contributed by atoms with Crippen LogP contribution in [0.2, 0.25) is 23.7 Å². The molecule has 0 saturated carbocycles. The number of aliphatic hydroxyl groups is 1. The Morgan fingerprint density at radius 3 is 2.36 bits per heavy atom. The summed E-state index contributed by atoms with van der Waals surface area (Å²) >= 11 is 6.42. The van der Waals surface area contributed by atoms with E-state index in [0.29, 0.717) is 29.2 Å². The standard InChI is InChI=1S/C30H33ClN2O5Si/c1-20-28(39(2,3)37)27(15-16-34)38-30(20)25-17-22(31)11-14-26(25)32(29(30)36)18-21-9-12-24(13-10-21)33(19-35)23-7-5-4-6-8-23/h4-14,17,19-20,27-28,34,37H,15-16,18H2,1-3H3/t20-,27+,28-,30+/m1/s1. The largest absolute Gasteiger partial charge is 0.432 e. The van der Waals surface area contributed by atoms with E-state index in [-0.39, 0.29) is 24.0 Å².